The van der Waals surface area contributed by atoms with Crippen LogP contribution in [0.4, 0.5) is 0 Å². The molecule has 2 aromatic heterocycles. The monoisotopic (exact) mass is 333 g/mol. The summed E-state index contributed by atoms with van der Waals surface area (Å²) in [6.07, 6.45) is 4.63. The number of rotatable bonds is 3. The summed E-state index contributed by atoms with van der Waals surface area (Å²) in [6.45, 7) is 1.87. The Morgan fingerprint density at radius 1 is 1.28 bits per heavy atom. The number of benzene rings is 1. The van der Waals surface area contributed by atoms with E-state index in [1.165, 1.54) is 0 Å². The van der Waals surface area contributed by atoms with Gasteiger partial charge in [-0.25, -0.2) is 9.97 Å². The van der Waals surface area contributed by atoms with Gasteiger partial charge < -0.3 is 5.32 Å². The highest BCUT2D eigenvalue weighted by molar-refractivity contribution is 5.92. The van der Waals surface area contributed by atoms with Gasteiger partial charge in [-0.2, -0.15) is 5.10 Å². The zero-order valence-electron chi connectivity index (χ0n) is 14.0. The van der Waals surface area contributed by atoms with Crippen LogP contribution in [0.2, 0.25) is 0 Å². The van der Waals surface area contributed by atoms with Gasteiger partial charge in [0.05, 0.1) is 6.04 Å². The number of carbonyl (C=O) groups excluding carboxylic acids is 1. The van der Waals surface area contributed by atoms with Crippen LogP contribution >= 0.6 is 0 Å². The van der Waals surface area contributed by atoms with E-state index in [4.69, 9.17) is 4.98 Å². The van der Waals surface area contributed by atoms with Gasteiger partial charge in [0.1, 0.15) is 5.69 Å². The van der Waals surface area contributed by atoms with E-state index in [1.807, 2.05) is 43.5 Å². The number of nitrogens with one attached hydrogen (secondary N) is 2. The zero-order chi connectivity index (χ0) is 17.2. The maximum Gasteiger partial charge on any atom is 0.272 e. The first-order valence-electron chi connectivity index (χ1n) is 8.45. The molecule has 1 unspecified atom stereocenters. The fraction of sp³-hybridized carbons (Fsp3) is 0.263. The van der Waals surface area contributed by atoms with Crippen LogP contribution in [0.5, 0.6) is 0 Å². The Labute approximate surface area is 145 Å². The molecule has 4 rings (SSSR count). The van der Waals surface area contributed by atoms with Gasteiger partial charge >= 0.3 is 0 Å². The highest BCUT2D eigenvalue weighted by Gasteiger charge is 2.25. The molecule has 1 aliphatic carbocycles. The van der Waals surface area contributed by atoms with Crippen LogP contribution < -0.4 is 5.32 Å². The van der Waals surface area contributed by atoms with Crippen molar-refractivity contribution in [1.82, 2.24) is 25.5 Å². The van der Waals surface area contributed by atoms with E-state index in [9.17, 15) is 4.79 Å². The molecule has 0 fully saturated rings. The summed E-state index contributed by atoms with van der Waals surface area (Å²) < 4.78 is 0. The number of nitrogens with zero attached hydrogens (tertiary/aromatic N) is 3. The Morgan fingerprint density at radius 2 is 2.12 bits per heavy atom. The van der Waals surface area contributed by atoms with Crippen molar-refractivity contribution in [2.45, 2.75) is 32.2 Å². The van der Waals surface area contributed by atoms with Gasteiger partial charge in [0.2, 0.25) is 0 Å². The largest absolute Gasteiger partial charge is 0.344 e. The quantitative estimate of drug-likeness (QED) is 0.772. The van der Waals surface area contributed by atoms with E-state index in [1.54, 1.807) is 6.07 Å². The third kappa shape index (κ3) is 3.15. The molecule has 1 amide bonds. The average Bonchev–Trinajstić information content (AvgIpc) is 3.09. The van der Waals surface area contributed by atoms with Crippen LogP contribution in [-0.2, 0) is 6.42 Å². The molecule has 6 heteroatoms. The van der Waals surface area contributed by atoms with Crippen LogP contribution in [0.15, 0.2) is 42.6 Å². The first-order valence-corrected chi connectivity index (χ1v) is 8.45. The molecule has 126 valence electrons. The lowest BCUT2D eigenvalue weighted by Gasteiger charge is -2.25. The Balaban J connectivity index is 1.59. The highest BCUT2D eigenvalue weighted by Crippen LogP contribution is 2.29. The summed E-state index contributed by atoms with van der Waals surface area (Å²) in [6, 6.07) is 11.6. The second-order valence-corrected chi connectivity index (χ2v) is 6.32. The van der Waals surface area contributed by atoms with Crippen LogP contribution in [0, 0.1) is 6.92 Å². The Morgan fingerprint density at radius 3 is 2.88 bits per heavy atom. The van der Waals surface area contributed by atoms with Crippen molar-refractivity contribution in [2.24, 2.45) is 0 Å². The molecule has 1 atom stereocenters. The van der Waals surface area contributed by atoms with Crippen LogP contribution in [0.3, 0.4) is 0 Å². The second-order valence-electron chi connectivity index (χ2n) is 6.32. The molecular formula is C19H19N5O. The molecule has 3 aromatic rings. The van der Waals surface area contributed by atoms with Gasteiger partial charge in [-0.05, 0) is 32.3 Å². The number of aromatic amines is 1. The molecule has 2 N–H and O–H groups in total. The minimum Gasteiger partial charge on any atom is -0.344 e. The van der Waals surface area contributed by atoms with Crippen molar-refractivity contribution in [3.63, 3.8) is 0 Å². The van der Waals surface area contributed by atoms with E-state index >= 15 is 0 Å². The summed E-state index contributed by atoms with van der Waals surface area (Å²) in [5, 5.41) is 9.88. The first kappa shape index (κ1) is 15.5. The molecule has 1 aromatic carbocycles. The summed E-state index contributed by atoms with van der Waals surface area (Å²) in [5.41, 5.74) is 4.30. The lowest BCUT2D eigenvalue weighted by atomic mass is 9.92. The Hall–Kier alpha value is -3.02. The third-order valence-corrected chi connectivity index (χ3v) is 4.46. The number of fused-ring (bicyclic) bond motifs is 1. The summed E-state index contributed by atoms with van der Waals surface area (Å²) in [4.78, 5) is 21.6. The first-order chi connectivity index (χ1) is 12.2. The fourth-order valence-corrected chi connectivity index (χ4v) is 3.19. The van der Waals surface area contributed by atoms with Gasteiger partial charge in [-0.15, -0.1) is 0 Å². The van der Waals surface area contributed by atoms with Gasteiger partial charge in [0.25, 0.3) is 5.91 Å². The molecule has 25 heavy (non-hydrogen) atoms. The molecule has 0 bridgehead atoms. The van der Waals surface area contributed by atoms with Crippen molar-refractivity contribution in [2.75, 3.05) is 0 Å². The normalized spacial score (nSPS) is 16.3. The number of hydrogen-bond acceptors (Lipinski definition) is 4. The maximum atomic E-state index is 12.4. The van der Waals surface area contributed by atoms with Crippen molar-refractivity contribution in [3.8, 4) is 11.4 Å². The predicted molar refractivity (Wildman–Crippen MR) is 93.9 cm³/mol. The Bertz CT molecular complexity index is 903. The van der Waals surface area contributed by atoms with E-state index in [0.717, 1.165) is 47.6 Å². The zero-order valence-corrected chi connectivity index (χ0v) is 14.0. The summed E-state index contributed by atoms with van der Waals surface area (Å²) >= 11 is 0. The molecule has 6 nitrogen and oxygen atoms in total. The minimum atomic E-state index is -0.172. The number of amides is 1. The fourth-order valence-electron chi connectivity index (χ4n) is 3.19. The van der Waals surface area contributed by atoms with Crippen molar-refractivity contribution in [3.05, 3.63) is 65.2 Å². The molecule has 2 heterocycles. The van der Waals surface area contributed by atoms with Crippen molar-refractivity contribution >= 4 is 5.91 Å². The number of hydrogen-bond donors (Lipinski definition) is 2. The van der Waals surface area contributed by atoms with Gasteiger partial charge in [-0.3, -0.25) is 9.89 Å². The molecule has 0 aliphatic heterocycles. The smallest absolute Gasteiger partial charge is 0.272 e. The van der Waals surface area contributed by atoms with Crippen LogP contribution in [-0.4, -0.2) is 26.1 Å². The maximum absolute atomic E-state index is 12.4. The lowest BCUT2D eigenvalue weighted by molar-refractivity contribution is 0.0927. The number of aryl methyl sites for hydroxylation is 2. The van der Waals surface area contributed by atoms with E-state index in [-0.39, 0.29) is 11.9 Å². The minimum absolute atomic E-state index is 0.0712. The molecule has 1 aliphatic rings. The number of H-pyrrole nitrogens is 1. The van der Waals surface area contributed by atoms with E-state index in [0.29, 0.717) is 5.69 Å². The number of aromatic nitrogens is 4. The lowest BCUT2D eigenvalue weighted by Crippen LogP contribution is -2.31. The topological polar surface area (TPSA) is 83.6 Å². The molecule has 0 spiro atoms. The van der Waals surface area contributed by atoms with Crippen molar-refractivity contribution in [1.29, 1.82) is 0 Å². The van der Waals surface area contributed by atoms with Crippen molar-refractivity contribution < 1.29 is 4.79 Å². The van der Waals surface area contributed by atoms with Gasteiger partial charge in [0, 0.05) is 28.7 Å². The number of carbonyl (C=O) groups is 1. The molecule has 0 radical (unpaired) electrons. The summed E-state index contributed by atoms with van der Waals surface area (Å²) in [5.74, 6) is 0.559. The molecule has 0 saturated heterocycles. The highest BCUT2D eigenvalue weighted by atomic mass is 16.2. The molecule has 0 saturated carbocycles. The third-order valence-electron chi connectivity index (χ3n) is 4.46. The Kier molecular flexibility index (Phi) is 4.01. The SMILES string of the molecule is Cc1cc(C(=O)NC2CCCc3nc(-c4ccccc4)ncc32)n[nH]1. The average molecular weight is 333 g/mol. The standard InChI is InChI=1S/C19H19N5O/c1-12-10-17(24-23-12)19(25)22-16-9-5-8-15-14(16)11-20-18(21-15)13-6-3-2-4-7-13/h2-4,6-7,10-11,16H,5,8-9H2,1H3,(H,22,25)(H,23,24). The van der Waals surface area contributed by atoms with Gasteiger partial charge in [-0.1, -0.05) is 30.3 Å². The van der Waals surface area contributed by atoms with E-state index < -0.39 is 0 Å². The second kappa shape index (κ2) is 6.47. The molecular weight excluding hydrogens is 314 g/mol. The van der Waals surface area contributed by atoms with Crippen LogP contribution in [0.1, 0.15) is 46.3 Å². The van der Waals surface area contributed by atoms with E-state index in [2.05, 4.69) is 20.5 Å². The van der Waals surface area contributed by atoms with Crippen LogP contribution in [0.25, 0.3) is 11.4 Å². The van der Waals surface area contributed by atoms with Gasteiger partial charge in [0.15, 0.2) is 5.82 Å². The summed E-state index contributed by atoms with van der Waals surface area (Å²) in [7, 11) is 0. The predicted octanol–water partition coefficient (Wildman–Crippen LogP) is 2.98.